The number of rotatable bonds is 7. The predicted molar refractivity (Wildman–Crippen MR) is 152 cm³/mol. The Bertz CT molecular complexity index is 1410. The molecule has 46 heavy (non-hydrogen) atoms. The Morgan fingerprint density at radius 3 is 2.09 bits per heavy atom. The van der Waals surface area contributed by atoms with Crippen LogP contribution in [-0.4, -0.2) is 65.4 Å². The summed E-state index contributed by atoms with van der Waals surface area (Å²) in [5.41, 5.74) is -2.15. The van der Waals surface area contributed by atoms with Crippen molar-refractivity contribution >= 4 is 17.7 Å². The van der Waals surface area contributed by atoms with Crippen LogP contribution in [-0.2, 0) is 33.3 Å². The van der Waals surface area contributed by atoms with Crippen molar-refractivity contribution < 1.29 is 50.2 Å². The third-order valence-corrected chi connectivity index (χ3v) is 8.90. The fourth-order valence-corrected chi connectivity index (χ4v) is 6.58. The molecule has 252 valence electrons. The molecule has 2 aromatic rings. The van der Waals surface area contributed by atoms with Gasteiger partial charge in [0.1, 0.15) is 12.4 Å². The number of aliphatic hydroxyl groups is 1. The second-order valence-electron chi connectivity index (χ2n) is 12.2. The molecule has 1 saturated carbocycles. The van der Waals surface area contributed by atoms with E-state index in [1.54, 1.807) is 11.8 Å². The summed E-state index contributed by atoms with van der Waals surface area (Å²) in [6.07, 6.45) is -7.77. The minimum Gasteiger partial charge on any atom is -0.387 e. The maximum atomic E-state index is 14.0. The summed E-state index contributed by atoms with van der Waals surface area (Å²) in [5.74, 6) is -3.35. The molecule has 0 radical (unpaired) electrons. The first-order valence-corrected chi connectivity index (χ1v) is 15.0. The molecule has 2 aliphatic rings. The Hall–Kier alpha value is -3.68. The van der Waals surface area contributed by atoms with E-state index in [2.05, 4.69) is 5.32 Å². The van der Waals surface area contributed by atoms with Crippen LogP contribution in [0.5, 0.6) is 0 Å². The monoisotopic (exact) mass is 659 g/mol. The zero-order valence-electron chi connectivity index (χ0n) is 25.3. The number of carbonyl (C=O) groups excluding carboxylic acids is 3. The lowest BCUT2D eigenvalue weighted by molar-refractivity contribution is -0.144. The maximum absolute atomic E-state index is 14.0. The van der Waals surface area contributed by atoms with Crippen LogP contribution in [0.25, 0.3) is 0 Å². The molecule has 0 aromatic heterocycles. The molecule has 2 aromatic carbocycles. The highest BCUT2D eigenvalue weighted by atomic mass is 19.4. The van der Waals surface area contributed by atoms with Gasteiger partial charge in [0.25, 0.3) is 0 Å². The fraction of sp³-hybridized carbons (Fsp3) is 0.531. The first-order chi connectivity index (χ1) is 21.5. The van der Waals surface area contributed by atoms with Gasteiger partial charge in [-0.15, -0.1) is 0 Å². The average molecular weight is 660 g/mol. The lowest BCUT2D eigenvalue weighted by atomic mass is 9.77. The molecular weight excluding hydrogens is 623 g/mol. The summed E-state index contributed by atoms with van der Waals surface area (Å²) in [4.78, 5) is 41.7. The molecule has 2 fully saturated rings. The Kier molecular flexibility index (Phi) is 10.7. The molecule has 1 saturated heterocycles. The zero-order valence-corrected chi connectivity index (χ0v) is 25.3. The fourth-order valence-electron chi connectivity index (χ4n) is 6.58. The Balaban J connectivity index is 1.54. The number of alkyl halides is 6. The molecule has 0 bridgehead atoms. The van der Waals surface area contributed by atoms with Crippen LogP contribution in [0.3, 0.4) is 0 Å². The first kappa shape index (κ1) is 35.2. The van der Waals surface area contributed by atoms with Crippen molar-refractivity contribution in [3.05, 3.63) is 70.0 Å². The molecule has 7 nitrogen and oxygen atoms in total. The van der Waals surface area contributed by atoms with Crippen molar-refractivity contribution in [1.29, 1.82) is 0 Å². The number of carbonyl (C=O) groups is 3. The van der Waals surface area contributed by atoms with Crippen LogP contribution >= 0.6 is 0 Å². The van der Waals surface area contributed by atoms with Crippen LogP contribution in [0.4, 0.5) is 30.7 Å². The van der Waals surface area contributed by atoms with Crippen molar-refractivity contribution in [3.63, 3.8) is 0 Å². The number of aliphatic hydroxyl groups excluding tert-OH is 1. The van der Waals surface area contributed by atoms with Crippen molar-refractivity contribution in [1.82, 2.24) is 15.1 Å². The number of amides is 3. The number of nitrogens with zero attached hydrogens (tertiary/aromatic N) is 2. The number of likely N-dealkylation sites (tertiary alicyclic amines) is 1. The van der Waals surface area contributed by atoms with Gasteiger partial charge in [-0.05, 0) is 86.1 Å². The summed E-state index contributed by atoms with van der Waals surface area (Å²) < 4.78 is 94.5. The van der Waals surface area contributed by atoms with Crippen LogP contribution in [0.1, 0.15) is 65.8 Å². The number of benzene rings is 2. The minimum absolute atomic E-state index is 0.0308. The topological polar surface area (TPSA) is 90.0 Å². The second kappa shape index (κ2) is 14.0. The quantitative estimate of drug-likeness (QED) is 0.388. The zero-order chi connectivity index (χ0) is 34.0. The van der Waals surface area contributed by atoms with Crippen LogP contribution in [0, 0.1) is 24.6 Å². The Morgan fingerprint density at radius 2 is 1.54 bits per heavy atom. The van der Waals surface area contributed by atoms with Gasteiger partial charge >= 0.3 is 12.4 Å². The van der Waals surface area contributed by atoms with Gasteiger partial charge in [0, 0.05) is 50.5 Å². The largest absolute Gasteiger partial charge is 0.416 e. The molecule has 2 atom stereocenters. The number of aryl methyl sites for hydroxylation is 1. The van der Waals surface area contributed by atoms with E-state index in [1.165, 1.54) is 25.2 Å². The molecule has 0 spiro atoms. The molecule has 3 amide bonds. The number of halogens is 7. The molecular formula is C32H36F7N3O4. The van der Waals surface area contributed by atoms with E-state index in [0.29, 0.717) is 48.9 Å². The van der Waals surface area contributed by atoms with Crippen molar-refractivity contribution in [2.75, 3.05) is 26.7 Å². The lowest BCUT2D eigenvalue weighted by Crippen LogP contribution is -2.50. The Morgan fingerprint density at radius 1 is 0.935 bits per heavy atom. The number of hydrogen-bond donors (Lipinski definition) is 2. The summed E-state index contributed by atoms with van der Waals surface area (Å²) >= 11 is 0. The maximum Gasteiger partial charge on any atom is 0.416 e. The molecule has 1 aliphatic heterocycles. The van der Waals surface area contributed by atoms with Crippen LogP contribution in [0.15, 0.2) is 36.4 Å². The van der Waals surface area contributed by atoms with Crippen LogP contribution in [0.2, 0.25) is 0 Å². The minimum atomic E-state index is -5.03. The number of nitrogens with one attached hydrogen (secondary N) is 1. The van der Waals surface area contributed by atoms with E-state index in [-0.39, 0.29) is 49.0 Å². The van der Waals surface area contributed by atoms with Gasteiger partial charge in [0.05, 0.1) is 11.1 Å². The molecule has 1 heterocycles. The molecule has 4 rings (SSSR count). The smallest absolute Gasteiger partial charge is 0.387 e. The number of hydrogen-bond acceptors (Lipinski definition) is 4. The lowest BCUT2D eigenvalue weighted by Gasteiger charge is -2.42. The van der Waals surface area contributed by atoms with Crippen LogP contribution < -0.4 is 5.32 Å². The van der Waals surface area contributed by atoms with Crippen molar-refractivity contribution in [3.8, 4) is 0 Å². The van der Waals surface area contributed by atoms with E-state index in [9.17, 15) is 45.1 Å². The van der Waals surface area contributed by atoms with Gasteiger partial charge in [-0.25, -0.2) is 4.39 Å². The third kappa shape index (κ3) is 8.37. The summed E-state index contributed by atoms with van der Waals surface area (Å²) in [6, 6.07) is 5.12. The van der Waals surface area contributed by atoms with Gasteiger partial charge in [-0.1, -0.05) is 6.07 Å². The summed E-state index contributed by atoms with van der Waals surface area (Å²) in [7, 11) is 1.30. The van der Waals surface area contributed by atoms with Crippen molar-refractivity contribution in [2.24, 2.45) is 11.8 Å². The summed E-state index contributed by atoms with van der Waals surface area (Å²) in [5, 5.41) is 11.7. The average Bonchev–Trinajstić information content (AvgIpc) is 2.99. The molecule has 1 aliphatic carbocycles. The normalized spacial score (nSPS) is 22.3. The molecule has 14 heteroatoms. The van der Waals surface area contributed by atoms with Gasteiger partial charge in [-0.2, -0.15) is 26.3 Å². The van der Waals surface area contributed by atoms with E-state index in [4.69, 9.17) is 5.11 Å². The highest BCUT2D eigenvalue weighted by Gasteiger charge is 2.41. The molecule has 2 N–H and O–H groups in total. The van der Waals surface area contributed by atoms with Crippen molar-refractivity contribution in [2.45, 2.75) is 69.9 Å². The van der Waals surface area contributed by atoms with E-state index in [1.807, 2.05) is 0 Å². The van der Waals surface area contributed by atoms with Gasteiger partial charge < -0.3 is 20.2 Å². The standard InChI is InChI=1S/C32H36F7N3O4/c1-18-11-23(33)5-8-25(18)27-16-42(29(45)20-3-6-24(7-4-20)40-28(44)17-43)10-9-26(27)30(46)41(2)15-19-12-21(31(34,35)36)14-22(13-19)32(37,38)39/h5,8,11-14,20,24,26-27,43H,3-4,6-7,9-10,15-17H2,1-2H3,(H,40,44)/t20-,24-,26-,27+/m1/s1. The second-order valence-corrected chi connectivity index (χ2v) is 12.2. The van der Waals surface area contributed by atoms with Gasteiger partial charge in [0.15, 0.2) is 0 Å². The third-order valence-electron chi connectivity index (χ3n) is 8.90. The van der Waals surface area contributed by atoms with E-state index in [0.717, 1.165) is 4.90 Å². The van der Waals surface area contributed by atoms with Gasteiger partial charge in [-0.3, -0.25) is 14.4 Å². The molecule has 0 unspecified atom stereocenters. The highest BCUT2D eigenvalue weighted by Crippen LogP contribution is 2.39. The van der Waals surface area contributed by atoms with E-state index < -0.39 is 66.1 Å². The highest BCUT2D eigenvalue weighted by molar-refractivity contribution is 5.82. The number of piperidine rings is 1. The van der Waals surface area contributed by atoms with Gasteiger partial charge in [0.2, 0.25) is 17.7 Å². The Labute approximate surface area is 261 Å². The predicted octanol–water partition coefficient (Wildman–Crippen LogP) is 5.43. The summed E-state index contributed by atoms with van der Waals surface area (Å²) in [6.45, 7) is 0.825. The first-order valence-electron chi connectivity index (χ1n) is 15.0. The SMILES string of the molecule is Cc1cc(F)ccc1[C@@H]1CN(C(=O)[C@H]2CC[C@H](NC(=O)CO)CC2)CC[C@H]1C(=O)N(C)Cc1cc(C(F)(F)F)cc(C(F)(F)F)c1. The van der Waals surface area contributed by atoms with E-state index >= 15 is 0 Å².